The average molecular weight is 315 g/mol. The van der Waals surface area contributed by atoms with E-state index in [4.69, 9.17) is 0 Å². The number of aryl methyl sites for hydroxylation is 1. The fourth-order valence-electron chi connectivity index (χ4n) is 1.13. The van der Waals surface area contributed by atoms with Gasteiger partial charge in [-0.1, -0.05) is 0 Å². The lowest BCUT2D eigenvalue weighted by Crippen LogP contribution is -2.03. The van der Waals surface area contributed by atoms with Crippen LogP contribution in [0.3, 0.4) is 0 Å². The lowest BCUT2D eigenvalue weighted by Gasteiger charge is -2.02. The molecule has 0 fully saturated rings. The van der Waals surface area contributed by atoms with Gasteiger partial charge in [0.15, 0.2) is 0 Å². The van der Waals surface area contributed by atoms with Crippen LogP contribution in [0.1, 0.15) is 11.3 Å². The molecule has 5 nitrogen and oxygen atoms in total. The number of hydrogen-bond donors (Lipinski definition) is 2. The predicted octanol–water partition coefficient (Wildman–Crippen LogP) is 1.72. The number of nitrogens with one attached hydrogen (secondary N) is 2. The maximum atomic E-state index is 4.15. The van der Waals surface area contributed by atoms with Crippen molar-refractivity contribution >= 4 is 28.5 Å². The molecule has 0 radical (unpaired) electrons. The molecular weight excluding hydrogens is 305 g/mol. The van der Waals surface area contributed by atoms with E-state index in [1.165, 1.54) is 0 Å². The summed E-state index contributed by atoms with van der Waals surface area (Å²) in [4.78, 5) is 8.29. The van der Waals surface area contributed by atoms with Crippen molar-refractivity contribution in [1.82, 2.24) is 20.2 Å². The molecule has 2 N–H and O–H groups in total. The second-order valence-corrected chi connectivity index (χ2v) is 4.34. The molecule has 0 spiro atoms. The Morgan fingerprint density at radius 1 is 1.33 bits per heavy atom. The Bertz CT molecular complexity index is 436. The Kier molecular flexibility index (Phi) is 3.14. The maximum absolute atomic E-state index is 4.15. The molecule has 0 saturated carbocycles. The molecule has 0 aliphatic carbocycles. The lowest BCUT2D eigenvalue weighted by molar-refractivity contribution is 1.02. The summed E-state index contributed by atoms with van der Waals surface area (Å²) >= 11 is 2.17. The molecular formula is C9H10IN5. The van der Waals surface area contributed by atoms with E-state index >= 15 is 0 Å². The molecule has 15 heavy (non-hydrogen) atoms. The molecule has 2 rings (SSSR count). The molecule has 2 heterocycles. The topological polar surface area (TPSA) is 66.5 Å². The van der Waals surface area contributed by atoms with Crippen molar-refractivity contribution in [3.63, 3.8) is 0 Å². The van der Waals surface area contributed by atoms with Crippen LogP contribution < -0.4 is 5.32 Å². The Hall–Kier alpha value is -1.18. The van der Waals surface area contributed by atoms with E-state index in [1.807, 2.05) is 6.92 Å². The third-order valence-electron chi connectivity index (χ3n) is 1.99. The molecule has 2 aromatic rings. The summed E-state index contributed by atoms with van der Waals surface area (Å²) in [7, 11) is 0. The van der Waals surface area contributed by atoms with Crippen molar-refractivity contribution in [3.05, 3.63) is 33.4 Å². The minimum Gasteiger partial charge on any atom is -0.350 e. The molecule has 0 bridgehead atoms. The fraction of sp³-hybridized carbons (Fsp3) is 0.222. The highest BCUT2D eigenvalue weighted by Gasteiger charge is 2.00. The van der Waals surface area contributed by atoms with Crippen LogP contribution in [0.5, 0.6) is 0 Å². The first-order valence-corrected chi connectivity index (χ1v) is 5.54. The SMILES string of the molecule is Cc1[nH]ncc1CNc1ncc(I)cn1. The monoisotopic (exact) mass is 315 g/mol. The van der Waals surface area contributed by atoms with Crippen molar-refractivity contribution in [2.24, 2.45) is 0 Å². The van der Waals surface area contributed by atoms with E-state index in [9.17, 15) is 0 Å². The normalized spacial score (nSPS) is 10.3. The molecule has 0 aliphatic heterocycles. The van der Waals surface area contributed by atoms with Gasteiger partial charge in [0.05, 0.1) is 6.20 Å². The standard InChI is InChI=1S/C9H10IN5/c1-6-7(3-14-15-6)2-11-9-12-4-8(10)5-13-9/h3-5H,2H2,1H3,(H,14,15)(H,11,12,13). The fourth-order valence-corrected chi connectivity index (χ4v) is 1.41. The molecule has 6 heteroatoms. The van der Waals surface area contributed by atoms with Gasteiger partial charge in [0.1, 0.15) is 0 Å². The Morgan fingerprint density at radius 3 is 2.67 bits per heavy atom. The number of anilines is 1. The summed E-state index contributed by atoms with van der Waals surface area (Å²) in [6, 6.07) is 0. The quantitative estimate of drug-likeness (QED) is 0.847. The van der Waals surface area contributed by atoms with Crippen molar-refractivity contribution in [2.75, 3.05) is 5.32 Å². The smallest absolute Gasteiger partial charge is 0.222 e. The third kappa shape index (κ3) is 2.65. The van der Waals surface area contributed by atoms with Gasteiger partial charge in [-0.25, -0.2) is 9.97 Å². The minimum atomic E-state index is 0.635. The number of aromatic nitrogens is 4. The zero-order valence-electron chi connectivity index (χ0n) is 8.16. The summed E-state index contributed by atoms with van der Waals surface area (Å²) in [5, 5.41) is 9.95. The van der Waals surface area contributed by atoms with E-state index in [2.05, 4.69) is 48.1 Å². The van der Waals surface area contributed by atoms with Gasteiger partial charge >= 0.3 is 0 Å². The molecule has 0 unspecified atom stereocenters. The second-order valence-electron chi connectivity index (χ2n) is 3.10. The summed E-state index contributed by atoms with van der Waals surface area (Å²) < 4.78 is 1.03. The van der Waals surface area contributed by atoms with Crippen molar-refractivity contribution in [3.8, 4) is 0 Å². The number of rotatable bonds is 3. The van der Waals surface area contributed by atoms with Gasteiger partial charge in [-0.15, -0.1) is 0 Å². The Morgan fingerprint density at radius 2 is 2.07 bits per heavy atom. The highest BCUT2D eigenvalue weighted by atomic mass is 127. The van der Waals surface area contributed by atoms with E-state index in [0.29, 0.717) is 12.5 Å². The van der Waals surface area contributed by atoms with Gasteiger partial charge in [-0.2, -0.15) is 5.10 Å². The minimum absolute atomic E-state index is 0.635. The number of H-pyrrole nitrogens is 1. The van der Waals surface area contributed by atoms with Crippen molar-refractivity contribution in [1.29, 1.82) is 0 Å². The molecule has 0 atom stereocenters. The molecule has 0 saturated heterocycles. The van der Waals surface area contributed by atoms with Crippen molar-refractivity contribution < 1.29 is 0 Å². The van der Waals surface area contributed by atoms with Gasteiger partial charge in [0.25, 0.3) is 0 Å². The van der Waals surface area contributed by atoms with E-state index in [0.717, 1.165) is 14.8 Å². The summed E-state index contributed by atoms with van der Waals surface area (Å²) in [6.07, 6.45) is 5.35. The summed E-state index contributed by atoms with van der Waals surface area (Å²) in [5.41, 5.74) is 2.19. The molecule has 0 aliphatic rings. The molecule has 0 amide bonds. The van der Waals surface area contributed by atoms with Crippen LogP contribution >= 0.6 is 22.6 Å². The van der Waals surface area contributed by atoms with Crippen LogP contribution in [0.2, 0.25) is 0 Å². The van der Waals surface area contributed by atoms with E-state index < -0.39 is 0 Å². The number of aromatic amines is 1. The van der Waals surface area contributed by atoms with Gasteiger partial charge in [-0.3, -0.25) is 5.10 Å². The van der Waals surface area contributed by atoms with Crippen LogP contribution in [0.25, 0.3) is 0 Å². The first-order valence-electron chi connectivity index (χ1n) is 4.46. The van der Waals surface area contributed by atoms with Gasteiger partial charge < -0.3 is 5.32 Å². The van der Waals surface area contributed by atoms with Crippen LogP contribution in [0.15, 0.2) is 18.6 Å². The van der Waals surface area contributed by atoms with E-state index in [-0.39, 0.29) is 0 Å². The van der Waals surface area contributed by atoms with Gasteiger partial charge in [-0.05, 0) is 29.5 Å². The maximum Gasteiger partial charge on any atom is 0.222 e. The molecule has 0 aromatic carbocycles. The van der Waals surface area contributed by atoms with Crippen molar-refractivity contribution in [2.45, 2.75) is 13.5 Å². The lowest BCUT2D eigenvalue weighted by atomic mass is 10.3. The van der Waals surface area contributed by atoms with E-state index in [1.54, 1.807) is 18.6 Å². The molecule has 78 valence electrons. The van der Waals surface area contributed by atoms with Crippen LogP contribution in [0, 0.1) is 10.5 Å². The van der Waals surface area contributed by atoms with Crippen LogP contribution in [0.4, 0.5) is 5.95 Å². The van der Waals surface area contributed by atoms with Gasteiger partial charge in [0.2, 0.25) is 5.95 Å². The average Bonchev–Trinajstić information content (AvgIpc) is 2.63. The second kappa shape index (κ2) is 4.56. The highest BCUT2D eigenvalue weighted by molar-refractivity contribution is 14.1. The highest BCUT2D eigenvalue weighted by Crippen LogP contribution is 2.06. The zero-order valence-corrected chi connectivity index (χ0v) is 10.3. The largest absolute Gasteiger partial charge is 0.350 e. The van der Waals surface area contributed by atoms with Crippen LogP contribution in [-0.4, -0.2) is 20.2 Å². The zero-order chi connectivity index (χ0) is 10.7. The predicted molar refractivity (Wildman–Crippen MR) is 65.4 cm³/mol. The number of halogens is 1. The summed E-state index contributed by atoms with van der Waals surface area (Å²) in [5.74, 6) is 0.635. The van der Waals surface area contributed by atoms with Gasteiger partial charge in [0, 0.05) is 33.8 Å². The number of nitrogens with zero attached hydrogens (tertiary/aromatic N) is 3. The Labute approximate surface area is 101 Å². The first kappa shape index (κ1) is 10.3. The third-order valence-corrected chi connectivity index (χ3v) is 2.55. The van der Waals surface area contributed by atoms with Crippen LogP contribution in [-0.2, 0) is 6.54 Å². The molecule has 2 aromatic heterocycles. The summed E-state index contributed by atoms with van der Waals surface area (Å²) in [6.45, 7) is 2.67. The Balaban J connectivity index is 1.99. The number of hydrogen-bond acceptors (Lipinski definition) is 4. The first-order chi connectivity index (χ1) is 7.25.